The molecule has 2 aliphatic rings. The van der Waals surface area contributed by atoms with Gasteiger partial charge in [-0.05, 0) is 38.1 Å². The van der Waals surface area contributed by atoms with E-state index in [1.807, 2.05) is 0 Å². The first-order valence-electron chi connectivity index (χ1n) is 6.87. The number of carbonyl (C=O) groups excluding carboxylic acids is 1. The molecular weight excluding hydrogens is 216 g/mol. The number of carbonyl (C=O) groups is 1. The summed E-state index contributed by atoms with van der Waals surface area (Å²) in [5.74, 6) is 0.825. The Kier molecular flexibility index (Phi) is 4.40. The van der Waals surface area contributed by atoms with Crippen LogP contribution in [-0.2, 0) is 4.79 Å². The van der Waals surface area contributed by atoms with Gasteiger partial charge in [-0.15, -0.1) is 0 Å². The number of aliphatic hydroxyl groups is 1. The van der Waals surface area contributed by atoms with Crippen molar-refractivity contribution in [2.24, 2.45) is 5.92 Å². The summed E-state index contributed by atoms with van der Waals surface area (Å²) in [7, 11) is 0. The number of hydrogen-bond donors (Lipinski definition) is 3. The molecule has 98 valence electrons. The lowest BCUT2D eigenvalue weighted by Gasteiger charge is -2.36. The molecule has 2 aliphatic carbocycles. The van der Waals surface area contributed by atoms with Crippen molar-refractivity contribution in [3.05, 3.63) is 0 Å². The standard InChI is InChI=1S/C13H24N2O2/c16-10-13(6-2-1-3-7-13)15-12(17)9-14-8-11-4-5-11/h11,14,16H,1-10H2,(H,15,17). The first kappa shape index (κ1) is 12.8. The molecule has 0 aromatic heterocycles. The minimum absolute atomic E-state index is 0.0293. The molecule has 0 aromatic rings. The van der Waals surface area contributed by atoms with Crippen molar-refractivity contribution in [2.75, 3.05) is 19.7 Å². The van der Waals surface area contributed by atoms with Crippen LogP contribution in [0.1, 0.15) is 44.9 Å². The summed E-state index contributed by atoms with van der Waals surface area (Å²) in [5.41, 5.74) is -0.337. The molecule has 0 saturated heterocycles. The molecular formula is C13H24N2O2. The fraction of sp³-hybridized carbons (Fsp3) is 0.923. The maximum atomic E-state index is 11.8. The molecule has 0 spiro atoms. The van der Waals surface area contributed by atoms with Crippen LogP contribution >= 0.6 is 0 Å². The maximum absolute atomic E-state index is 11.8. The fourth-order valence-electron chi connectivity index (χ4n) is 2.60. The molecule has 4 nitrogen and oxygen atoms in total. The van der Waals surface area contributed by atoms with Gasteiger partial charge in [-0.25, -0.2) is 0 Å². The highest BCUT2D eigenvalue weighted by molar-refractivity contribution is 5.78. The van der Waals surface area contributed by atoms with E-state index in [9.17, 15) is 9.90 Å². The van der Waals surface area contributed by atoms with Crippen LogP contribution in [0.15, 0.2) is 0 Å². The first-order chi connectivity index (χ1) is 8.24. The lowest BCUT2D eigenvalue weighted by Crippen LogP contribution is -2.54. The largest absolute Gasteiger partial charge is 0.394 e. The maximum Gasteiger partial charge on any atom is 0.234 e. The summed E-state index contributed by atoms with van der Waals surface area (Å²) in [6, 6.07) is 0. The Labute approximate surface area is 103 Å². The Balaban J connectivity index is 1.70. The van der Waals surface area contributed by atoms with Crippen LogP contribution in [0, 0.1) is 5.92 Å². The van der Waals surface area contributed by atoms with Crippen molar-refractivity contribution in [2.45, 2.75) is 50.5 Å². The zero-order valence-electron chi connectivity index (χ0n) is 10.5. The van der Waals surface area contributed by atoms with E-state index in [-0.39, 0.29) is 18.1 Å². The molecule has 0 atom stereocenters. The van der Waals surface area contributed by atoms with Gasteiger partial charge in [-0.2, -0.15) is 0 Å². The van der Waals surface area contributed by atoms with Crippen LogP contribution in [0.5, 0.6) is 0 Å². The molecule has 4 heteroatoms. The fourth-order valence-corrected chi connectivity index (χ4v) is 2.60. The Morgan fingerprint density at radius 1 is 1.24 bits per heavy atom. The molecule has 0 aliphatic heterocycles. The van der Waals surface area contributed by atoms with Crippen molar-refractivity contribution < 1.29 is 9.90 Å². The summed E-state index contributed by atoms with van der Waals surface area (Å²) in [6.45, 7) is 1.42. The van der Waals surface area contributed by atoms with Crippen LogP contribution in [0.2, 0.25) is 0 Å². The monoisotopic (exact) mass is 240 g/mol. The molecule has 2 rings (SSSR count). The van der Waals surface area contributed by atoms with Gasteiger partial charge in [0.25, 0.3) is 0 Å². The molecule has 0 radical (unpaired) electrons. The third-order valence-electron chi connectivity index (χ3n) is 3.93. The topological polar surface area (TPSA) is 61.4 Å². The third-order valence-corrected chi connectivity index (χ3v) is 3.93. The van der Waals surface area contributed by atoms with Gasteiger partial charge in [0.15, 0.2) is 0 Å². The normalized spacial score (nSPS) is 23.4. The summed E-state index contributed by atoms with van der Waals surface area (Å²) in [4.78, 5) is 11.8. The number of hydrogen-bond acceptors (Lipinski definition) is 3. The van der Waals surface area contributed by atoms with Gasteiger partial charge in [0, 0.05) is 0 Å². The van der Waals surface area contributed by atoms with Crippen molar-refractivity contribution in [3.8, 4) is 0 Å². The Hall–Kier alpha value is -0.610. The second kappa shape index (κ2) is 5.83. The van der Waals surface area contributed by atoms with Crippen molar-refractivity contribution in [3.63, 3.8) is 0 Å². The van der Waals surface area contributed by atoms with Crippen molar-refractivity contribution in [1.29, 1.82) is 0 Å². The van der Waals surface area contributed by atoms with Gasteiger partial charge in [-0.1, -0.05) is 19.3 Å². The van der Waals surface area contributed by atoms with E-state index in [0.717, 1.165) is 38.1 Å². The molecule has 2 fully saturated rings. The lowest BCUT2D eigenvalue weighted by molar-refractivity contribution is -0.123. The second-order valence-electron chi connectivity index (χ2n) is 5.62. The predicted molar refractivity (Wildman–Crippen MR) is 66.6 cm³/mol. The second-order valence-corrected chi connectivity index (χ2v) is 5.62. The van der Waals surface area contributed by atoms with E-state index in [0.29, 0.717) is 6.54 Å². The van der Waals surface area contributed by atoms with Gasteiger partial charge in [0.2, 0.25) is 5.91 Å². The average Bonchev–Trinajstić information content (AvgIpc) is 3.14. The Morgan fingerprint density at radius 2 is 1.94 bits per heavy atom. The van der Waals surface area contributed by atoms with Crippen LogP contribution in [0.4, 0.5) is 0 Å². The van der Waals surface area contributed by atoms with Gasteiger partial charge < -0.3 is 15.7 Å². The SMILES string of the molecule is O=C(CNCC1CC1)NC1(CO)CCCCC1. The minimum Gasteiger partial charge on any atom is -0.394 e. The van der Waals surface area contributed by atoms with Gasteiger partial charge in [0.05, 0.1) is 18.7 Å². The van der Waals surface area contributed by atoms with Crippen LogP contribution < -0.4 is 10.6 Å². The van der Waals surface area contributed by atoms with E-state index >= 15 is 0 Å². The molecule has 3 N–H and O–H groups in total. The highest BCUT2D eigenvalue weighted by atomic mass is 16.3. The molecule has 0 unspecified atom stereocenters. The number of rotatable bonds is 6. The summed E-state index contributed by atoms with van der Waals surface area (Å²) >= 11 is 0. The van der Waals surface area contributed by atoms with Crippen molar-refractivity contribution in [1.82, 2.24) is 10.6 Å². The van der Waals surface area contributed by atoms with Crippen molar-refractivity contribution >= 4 is 5.91 Å². The Bertz CT molecular complexity index is 258. The van der Waals surface area contributed by atoms with E-state index in [1.54, 1.807) is 0 Å². The van der Waals surface area contributed by atoms with E-state index in [1.165, 1.54) is 19.3 Å². The molecule has 1 amide bonds. The molecule has 0 bridgehead atoms. The Morgan fingerprint density at radius 3 is 2.53 bits per heavy atom. The quantitative estimate of drug-likeness (QED) is 0.643. The highest BCUT2D eigenvalue weighted by Gasteiger charge is 2.32. The van der Waals surface area contributed by atoms with Gasteiger partial charge in [0.1, 0.15) is 0 Å². The lowest BCUT2D eigenvalue weighted by atomic mass is 9.82. The van der Waals surface area contributed by atoms with E-state index in [2.05, 4.69) is 10.6 Å². The smallest absolute Gasteiger partial charge is 0.234 e. The minimum atomic E-state index is -0.337. The highest BCUT2D eigenvalue weighted by Crippen LogP contribution is 2.28. The molecule has 0 heterocycles. The van der Waals surface area contributed by atoms with Gasteiger partial charge in [-0.3, -0.25) is 4.79 Å². The first-order valence-corrected chi connectivity index (χ1v) is 6.87. The number of amides is 1. The average molecular weight is 240 g/mol. The molecule has 0 aromatic carbocycles. The van der Waals surface area contributed by atoms with Gasteiger partial charge >= 0.3 is 0 Å². The number of nitrogens with one attached hydrogen (secondary N) is 2. The zero-order chi connectivity index (χ0) is 12.1. The summed E-state index contributed by atoms with van der Waals surface area (Å²) in [5, 5.41) is 15.7. The van der Waals surface area contributed by atoms with Crippen LogP contribution in [0.3, 0.4) is 0 Å². The third kappa shape index (κ3) is 3.96. The van der Waals surface area contributed by atoms with E-state index in [4.69, 9.17) is 0 Å². The van der Waals surface area contributed by atoms with E-state index < -0.39 is 0 Å². The molecule has 2 saturated carbocycles. The zero-order valence-corrected chi connectivity index (χ0v) is 10.5. The molecule has 17 heavy (non-hydrogen) atoms. The summed E-state index contributed by atoms with van der Waals surface area (Å²) in [6.07, 6.45) is 7.87. The van der Waals surface area contributed by atoms with Crippen LogP contribution in [-0.4, -0.2) is 36.2 Å². The summed E-state index contributed by atoms with van der Waals surface area (Å²) < 4.78 is 0. The van der Waals surface area contributed by atoms with Crippen LogP contribution in [0.25, 0.3) is 0 Å². The number of aliphatic hydroxyl groups excluding tert-OH is 1. The predicted octanol–water partition coefficient (Wildman–Crippen LogP) is 0.797.